The van der Waals surface area contributed by atoms with Crippen molar-refractivity contribution in [2.24, 2.45) is 17.7 Å². The molecule has 1 aromatic rings. The molecule has 0 amide bonds. The number of hydrogen-bond acceptors (Lipinski definition) is 7. The lowest BCUT2D eigenvalue weighted by Crippen LogP contribution is -2.22. The molecule has 0 saturated heterocycles. The summed E-state index contributed by atoms with van der Waals surface area (Å²) in [5, 5.41) is 11.1. The highest BCUT2D eigenvalue weighted by molar-refractivity contribution is 5.60. The van der Waals surface area contributed by atoms with E-state index in [0.717, 1.165) is 12.8 Å². The Morgan fingerprint density at radius 1 is 1.50 bits per heavy atom. The smallest absolute Gasteiger partial charge is 0.374 e. The number of nitrogens with one attached hydrogen (secondary N) is 1. The van der Waals surface area contributed by atoms with Crippen molar-refractivity contribution in [2.45, 2.75) is 19.8 Å². The Labute approximate surface area is 116 Å². The molecule has 20 heavy (non-hydrogen) atoms. The van der Waals surface area contributed by atoms with E-state index >= 15 is 0 Å². The SMILES string of the molecule is CC1CC=CCC1COc1ncnc(NN)c1[N+](=O)[O-]. The number of hydrogen-bond donors (Lipinski definition) is 2. The number of nitro groups is 1. The van der Waals surface area contributed by atoms with Gasteiger partial charge in [0.25, 0.3) is 5.88 Å². The van der Waals surface area contributed by atoms with Crippen LogP contribution in [-0.4, -0.2) is 21.5 Å². The van der Waals surface area contributed by atoms with Gasteiger partial charge in [-0.1, -0.05) is 19.1 Å². The van der Waals surface area contributed by atoms with Gasteiger partial charge >= 0.3 is 5.69 Å². The first kappa shape index (κ1) is 14.2. The fourth-order valence-electron chi connectivity index (χ4n) is 2.16. The van der Waals surface area contributed by atoms with Crippen LogP contribution in [-0.2, 0) is 0 Å². The lowest BCUT2D eigenvalue weighted by Gasteiger charge is -2.24. The second-order valence-electron chi connectivity index (χ2n) is 4.77. The van der Waals surface area contributed by atoms with Gasteiger partial charge in [0.05, 0.1) is 11.5 Å². The van der Waals surface area contributed by atoms with Gasteiger partial charge in [-0.25, -0.2) is 10.8 Å². The number of allylic oxidation sites excluding steroid dienone is 2. The summed E-state index contributed by atoms with van der Waals surface area (Å²) >= 11 is 0. The minimum atomic E-state index is -0.602. The molecular weight excluding hydrogens is 262 g/mol. The van der Waals surface area contributed by atoms with E-state index in [4.69, 9.17) is 10.6 Å². The molecule has 0 fully saturated rings. The molecule has 0 saturated carbocycles. The quantitative estimate of drug-likeness (QED) is 0.364. The highest BCUT2D eigenvalue weighted by Crippen LogP contribution is 2.32. The largest absolute Gasteiger partial charge is 0.472 e. The van der Waals surface area contributed by atoms with Crippen molar-refractivity contribution < 1.29 is 9.66 Å². The molecule has 0 aliphatic heterocycles. The van der Waals surface area contributed by atoms with Gasteiger partial charge in [-0.15, -0.1) is 0 Å². The van der Waals surface area contributed by atoms with Crippen LogP contribution in [0.15, 0.2) is 18.5 Å². The zero-order valence-corrected chi connectivity index (χ0v) is 11.2. The summed E-state index contributed by atoms with van der Waals surface area (Å²) in [6.07, 6.45) is 7.33. The first-order chi connectivity index (χ1) is 9.63. The van der Waals surface area contributed by atoms with Gasteiger partial charge in [0, 0.05) is 0 Å². The molecular formula is C12H17N5O3. The number of rotatable bonds is 5. The number of aromatic nitrogens is 2. The topological polar surface area (TPSA) is 116 Å². The Morgan fingerprint density at radius 2 is 2.25 bits per heavy atom. The molecule has 0 bridgehead atoms. The highest BCUT2D eigenvalue weighted by atomic mass is 16.6. The number of ether oxygens (including phenoxy) is 1. The molecule has 8 heteroatoms. The third kappa shape index (κ3) is 3.02. The molecule has 2 atom stereocenters. The fraction of sp³-hybridized carbons (Fsp3) is 0.500. The summed E-state index contributed by atoms with van der Waals surface area (Å²) in [7, 11) is 0. The van der Waals surface area contributed by atoms with E-state index in [0.29, 0.717) is 18.4 Å². The second kappa shape index (κ2) is 6.29. The molecule has 0 spiro atoms. The Morgan fingerprint density at radius 3 is 2.90 bits per heavy atom. The van der Waals surface area contributed by atoms with Gasteiger partial charge in [0.1, 0.15) is 6.33 Å². The van der Waals surface area contributed by atoms with Crippen LogP contribution in [0.3, 0.4) is 0 Å². The second-order valence-corrected chi connectivity index (χ2v) is 4.77. The van der Waals surface area contributed by atoms with Gasteiger partial charge in [0.2, 0.25) is 5.82 Å². The third-order valence-corrected chi connectivity index (χ3v) is 3.46. The Hall–Kier alpha value is -2.22. The average molecular weight is 279 g/mol. The standard InChI is InChI=1S/C12H17N5O3/c1-8-4-2-3-5-9(8)6-20-12-10(17(18)19)11(16-13)14-7-15-12/h2-3,7-9H,4-6,13H2,1H3,(H,14,15,16). The Kier molecular flexibility index (Phi) is 4.46. The van der Waals surface area contributed by atoms with Gasteiger partial charge in [-0.05, 0) is 24.7 Å². The molecule has 3 N–H and O–H groups in total. The van der Waals surface area contributed by atoms with Crippen LogP contribution < -0.4 is 16.0 Å². The lowest BCUT2D eigenvalue weighted by atomic mass is 9.85. The molecule has 1 heterocycles. The zero-order chi connectivity index (χ0) is 14.5. The molecule has 0 aromatic carbocycles. The number of nitrogens with zero attached hydrogens (tertiary/aromatic N) is 3. The van der Waals surface area contributed by atoms with Crippen LogP contribution in [0.2, 0.25) is 0 Å². The van der Waals surface area contributed by atoms with Gasteiger partial charge in [0.15, 0.2) is 0 Å². The monoisotopic (exact) mass is 279 g/mol. The number of anilines is 1. The van der Waals surface area contributed by atoms with Crippen molar-refractivity contribution in [3.8, 4) is 5.88 Å². The minimum absolute atomic E-state index is 0.0558. The van der Waals surface area contributed by atoms with E-state index in [1.54, 1.807) is 0 Å². The number of hydrazine groups is 1. The van der Waals surface area contributed by atoms with E-state index in [2.05, 4.69) is 34.5 Å². The van der Waals surface area contributed by atoms with Crippen LogP contribution in [0, 0.1) is 22.0 Å². The maximum absolute atomic E-state index is 11.1. The van der Waals surface area contributed by atoms with Crippen LogP contribution in [0.25, 0.3) is 0 Å². The molecule has 8 nitrogen and oxygen atoms in total. The van der Waals surface area contributed by atoms with Crippen molar-refractivity contribution in [3.05, 3.63) is 28.6 Å². The number of nitrogen functional groups attached to an aromatic ring is 1. The van der Waals surface area contributed by atoms with Gasteiger partial charge in [-0.3, -0.25) is 10.1 Å². The van der Waals surface area contributed by atoms with Crippen LogP contribution in [0.4, 0.5) is 11.5 Å². The van der Waals surface area contributed by atoms with Crippen molar-refractivity contribution >= 4 is 11.5 Å². The molecule has 1 aliphatic rings. The van der Waals surface area contributed by atoms with Crippen molar-refractivity contribution in [2.75, 3.05) is 12.0 Å². The minimum Gasteiger partial charge on any atom is -0.472 e. The Bertz CT molecular complexity index is 520. The van der Waals surface area contributed by atoms with Crippen molar-refractivity contribution in [1.29, 1.82) is 0 Å². The Balaban J connectivity index is 2.13. The van der Waals surface area contributed by atoms with E-state index in [1.807, 2.05) is 0 Å². The first-order valence-corrected chi connectivity index (χ1v) is 6.37. The molecule has 0 radical (unpaired) electrons. The molecule has 1 aromatic heterocycles. The van der Waals surface area contributed by atoms with Crippen molar-refractivity contribution in [3.63, 3.8) is 0 Å². The zero-order valence-electron chi connectivity index (χ0n) is 11.2. The van der Waals surface area contributed by atoms with Gasteiger partial charge in [-0.2, -0.15) is 4.98 Å². The summed E-state index contributed by atoms with van der Waals surface area (Å²) in [5.41, 5.74) is 1.84. The highest BCUT2D eigenvalue weighted by Gasteiger charge is 2.26. The average Bonchev–Trinajstić information content (AvgIpc) is 2.45. The van der Waals surface area contributed by atoms with Crippen LogP contribution in [0.1, 0.15) is 19.8 Å². The summed E-state index contributed by atoms with van der Waals surface area (Å²) in [6.45, 7) is 2.52. The maximum Gasteiger partial charge on any atom is 0.374 e. The predicted octanol–water partition coefficient (Wildman–Crippen LogP) is 1.65. The van der Waals surface area contributed by atoms with E-state index in [1.165, 1.54) is 6.33 Å². The van der Waals surface area contributed by atoms with E-state index < -0.39 is 4.92 Å². The number of nitrogens with two attached hydrogens (primary N) is 1. The maximum atomic E-state index is 11.1. The molecule has 1 aliphatic carbocycles. The lowest BCUT2D eigenvalue weighted by molar-refractivity contribution is -0.385. The molecule has 2 unspecified atom stereocenters. The van der Waals surface area contributed by atoms with Crippen LogP contribution in [0.5, 0.6) is 5.88 Å². The van der Waals surface area contributed by atoms with Crippen molar-refractivity contribution in [1.82, 2.24) is 9.97 Å². The molecule has 108 valence electrons. The molecule has 2 rings (SSSR count). The van der Waals surface area contributed by atoms with E-state index in [-0.39, 0.29) is 17.4 Å². The van der Waals surface area contributed by atoms with Crippen LogP contribution >= 0.6 is 0 Å². The fourth-order valence-corrected chi connectivity index (χ4v) is 2.16. The normalized spacial score (nSPS) is 21.5. The van der Waals surface area contributed by atoms with Gasteiger partial charge < -0.3 is 10.2 Å². The predicted molar refractivity (Wildman–Crippen MR) is 73.0 cm³/mol. The summed E-state index contributed by atoms with van der Waals surface area (Å²) < 4.78 is 5.53. The summed E-state index contributed by atoms with van der Waals surface area (Å²) in [5.74, 6) is 5.90. The van der Waals surface area contributed by atoms with E-state index in [9.17, 15) is 10.1 Å². The first-order valence-electron chi connectivity index (χ1n) is 6.37. The summed E-state index contributed by atoms with van der Waals surface area (Å²) in [6, 6.07) is 0. The summed E-state index contributed by atoms with van der Waals surface area (Å²) in [4.78, 5) is 18.0. The third-order valence-electron chi connectivity index (χ3n) is 3.46.